The summed E-state index contributed by atoms with van der Waals surface area (Å²) in [5.41, 5.74) is 0.0252. The first-order chi connectivity index (χ1) is 6.06. The summed E-state index contributed by atoms with van der Waals surface area (Å²) in [6.07, 6.45) is 2.70. The third kappa shape index (κ3) is 1.37. The second kappa shape index (κ2) is 2.91. The minimum absolute atomic E-state index is 0.00410. The predicted molar refractivity (Wildman–Crippen MR) is 53.8 cm³/mol. The molecular weight excluding hydrogens is 184 g/mol. The summed E-state index contributed by atoms with van der Waals surface area (Å²) in [5.74, 6) is 2.19. The van der Waals surface area contributed by atoms with E-state index < -0.39 is 0 Å². The third-order valence-corrected chi connectivity index (χ3v) is 4.65. The van der Waals surface area contributed by atoms with Crippen LogP contribution >= 0.6 is 11.8 Å². The molecule has 0 bridgehead atoms. The average Bonchev–Trinajstić information content (AvgIpc) is 2.41. The Labute approximate surface area is 83.4 Å². The van der Waals surface area contributed by atoms with Gasteiger partial charge in [-0.15, -0.1) is 0 Å². The van der Waals surface area contributed by atoms with Crippen LogP contribution < -0.4 is 0 Å². The van der Waals surface area contributed by atoms with Gasteiger partial charge in [0.2, 0.25) is 0 Å². The largest absolute Gasteiger partial charge is 0.458 e. The van der Waals surface area contributed by atoms with E-state index in [1.165, 1.54) is 5.75 Å². The predicted octanol–water partition coefficient (Wildman–Crippen LogP) is 2.23. The SMILES string of the molecule is CC1(C)CCSCC12CCC(=O)O2. The quantitative estimate of drug-likeness (QED) is 0.561. The molecule has 2 heterocycles. The third-order valence-electron chi connectivity index (χ3n) is 3.48. The zero-order valence-electron chi connectivity index (χ0n) is 8.26. The second-order valence-electron chi connectivity index (χ2n) is 4.65. The van der Waals surface area contributed by atoms with E-state index in [-0.39, 0.29) is 17.0 Å². The summed E-state index contributed by atoms with van der Waals surface area (Å²) >= 11 is 1.92. The fourth-order valence-corrected chi connectivity index (χ4v) is 3.91. The lowest BCUT2D eigenvalue weighted by molar-refractivity contribution is -0.156. The Morgan fingerprint density at radius 3 is 2.69 bits per heavy atom. The van der Waals surface area contributed by atoms with Crippen molar-refractivity contribution in [1.82, 2.24) is 0 Å². The molecule has 0 aromatic carbocycles. The van der Waals surface area contributed by atoms with Crippen molar-refractivity contribution in [1.29, 1.82) is 0 Å². The second-order valence-corrected chi connectivity index (χ2v) is 5.76. The molecule has 2 aliphatic heterocycles. The maximum absolute atomic E-state index is 11.2. The van der Waals surface area contributed by atoms with Gasteiger partial charge in [-0.3, -0.25) is 4.79 Å². The van der Waals surface area contributed by atoms with Crippen molar-refractivity contribution >= 4 is 17.7 Å². The van der Waals surface area contributed by atoms with E-state index >= 15 is 0 Å². The Morgan fingerprint density at radius 2 is 2.15 bits per heavy atom. The molecule has 0 aromatic rings. The molecule has 1 spiro atoms. The van der Waals surface area contributed by atoms with Crippen molar-refractivity contribution in [3.63, 3.8) is 0 Å². The van der Waals surface area contributed by atoms with Crippen molar-refractivity contribution < 1.29 is 9.53 Å². The number of carbonyl (C=O) groups excluding carboxylic acids is 1. The van der Waals surface area contributed by atoms with Gasteiger partial charge in [-0.25, -0.2) is 0 Å². The summed E-state index contributed by atoms with van der Waals surface area (Å²) in [7, 11) is 0. The normalized spacial score (nSPS) is 37.8. The standard InChI is InChI=1S/C10H16O2S/c1-9(2)5-6-13-7-10(9)4-3-8(11)12-10/h3-7H2,1-2H3. The Hall–Kier alpha value is -0.180. The summed E-state index contributed by atoms with van der Waals surface area (Å²) < 4.78 is 5.55. The van der Waals surface area contributed by atoms with E-state index in [9.17, 15) is 4.79 Å². The van der Waals surface area contributed by atoms with Gasteiger partial charge >= 0.3 is 5.97 Å². The molecule has 0 radical (unpaired) electrons. The van der Waals surface area contributed by atoms with Gasteiger partial charge in [0.25, 0.3) is 0 Å². The van der Waals surface area contributed by atoms with Crippen LogP contribution in [0.1, 0.15) is 33.1 Å². The van der Waals surface area contributed by atoms with E-state index in [0.29, 0.717) is 6.42 Å². The van der Waals surface area contributed by atoms with Gasteiger partial charge in [-0.05, 0) is 18.6 Å². The van der Waals surface area contributed by atoms with E-state index in [4.69, 9.17) is 4.74 Å². The first-order valence-corrected chi connectivity index (χ1v) is 6.01. The summed E-state index contributed by atoms with van der Waals surface area (Å²) in [5, 5.41) is 0. The van der Waals surface area contributed by atoms with Crippen LogP contribution in [0.4, 0.5) is 0 Å². The molecule has 0 aliphatic carbocycles. The molecular formula is C10H16O2S. The monoisotopic (exact) mass is 200 g/mol. The average molecular weight is 200 g/mol. The van der Waals surface area contributed by atoms with Crippen LogP contribution in [0.15, 0.2) is 0 Å². The van der Waals surface area contributed by atoms with Gasteiger partial charge in [0.15, 0.2) is 0 Å². The van der Waals surface area contributed by atoms with Crippen molar-refractivity contribution in [3.05, 3.63) is 0 Å². The molecule has 2 rings (SSSR count). The summed E-state index contributed by atoms with van der Waals surface area (Å²) in [4.78, 5) is 11.2. The molecule has 2 nitrogen and oxygen atoms in total. The molecule has 0 amide bonds. The lowest BCUT2D eigenvalue weighted by Gasteiger charge is -2.45. The molecule has 0 saturated carbocycles. The smallest absolute Gasteiger partial charge is 0.306 e. The Morgan fingerprint density at radius 1 is 1.38 bits per heavy atom. The lowest BCUT2D eigenvalue weighted by Crippen LogP contribution is -2.49. The topological polar surface area (TPSA) is 26.3 Å². The minimum Gasteiger partial charge on any atom is -0.458 e. The van der Waals surface area contributed by atoms with Crippen molar-refractivity contribution in [2.75, 3.05) is 11.5 Å². The van der Waals surface area contributed by atoms with Crippen LogP contribution in [0.3, 0.4) is 0 Å². The molecule has 3 heteroatoms. The molecule has 0 aromatic heterocycles. The lowest BCUT2D eigenvalue weighted by atomic mass is 9.72. The van der Waals surface area contributed by atoms with Crippen molar-refractivity contribution in [2.45, 2.75) is 38.7 Å². The van der Waals surface area contributed by atoms with Crippen LogP contribution in [-0.2, 0) is 9.53 Å². The van der Waals surface area contributed by atoms with Gasteiger partial charge in [-0.1, -0.05) is 13.8 Å². The Bertz CT molecular complexity index is 237. The number of thioether (sulfide) groups is 1. The number of ether oxygens (including phenoxy) is 1. The Kier molecular flexibility index (Phi) is 2.10. The number of esters is 1. The fourth-order valence-electron chi connectivity index (χ4n) is 2.19. The van der Waals surface area contributed by atoms with Crippen LogP contribution in [0.5, 0.6) is 0 Å². The van der Waals surface area contributed by atoms with E-state index in [0.717, 1.165) is 18.6 Å². The zero-order valence-corrected chi connectivity index (χ0v) is 9.08. The first-order valence-electron chi connectivity index (χ1n) is 4.85. The fraction of sp³-hybridized carbons (Fsp3) is 0.900. The molecule has 13 heavy (non-hydrogen) atoms. The highest BCUT2D eigenvalue weighted by Gasteiger charge is 2.53. The molecule has 2 saturated heterocycles. The molecule has 2 fully saturated rings. The number of rotatable bonds is 0. The maximum atomic E-state index is 11.2. The van der Waals surface area contributed by atoms with Crippen LogP contribution in [0.2, 0.25) is 0 Å². The zero-order chi connectivity index (χ0) is 9.53. The highest BCUT2D eigenvalue weighted by Crippen LogP contribution is 2.49. The van der Waals surface area contributed by atoms with Gasteiger partial charge in [0, 0.05) is 17.6 Å². The van der Waals surface area contributed by atoms with Gasteiger partial charge in [0.1, 0.15) is 5.60 Å². The molecule has 74 valence electrons. The van der Waals surface area contributed by atoms with Crippen LogP contribution in [0, 0.1) is 5.41 Å². The maximum Gasteiger partial charge on any atom is 0.306 e. The van der Waals surface area contributed by atoms with Crippen LogP contribution in [0.25, 0.3) is 0 Å². The minimum atomic E-state index is -0.146. The first kappa shape index (κ1) is 9.38. The van der Waals surface area contributed by atoms with Crippen LogP contribution in [-0.4, -0.2) is 23.1 Å². The molecule has 0 N–H and O–H groups in total. The molecule has 1 unspecified atom stereocenters. The van der Waals surface area contributed by atoms with Gasteiger partial charge < -0.3 is 4.74 Å². The van der Waals surface area contributed by atoms with E-state index in [1.54, 1.807) is 0 Å². The Balaban J connectivity index is 2.23. The molecule has 1 atom stereocenters. The highest BCUT2D eigenvalue weighted by atomic mass is 32.2. The highest BCUT2D eigenvalue weighted by molar-refractivity contribution is 7.99. The van der Waals surface area contributed by atoms with E-state index in [2.05, 4.69) is 13.8 Å². The summed E-state index contributed by atoms with van der Waals surface area (Å²) in [6.45, 7) is 4.46. The number of hydrogen-bond donors (Lipinski definition) is 0. The van der Waals surface area contributed by atoms with Gasteiger partial charge in [0.05, 0.1) is 0 Å². The number of carbonyl (C=O) groups is 1. The number of hydrogen-bond acceptors (Lipinski definition) is 3. The van der Waals surface area contributed by atoms with Gasteiger partial charge in [-0.2, -0.15) is 11.8 Å². The molecule has 2 aliphatic rings. The van der Waals surface area contributed by atoms with E-state index in [1.807, 2.05) is 11.8 Å². The van der Waals surface area contributed by atoms with Crippen molar-refractivity contribution in [2.24, 2.45) is 5.41 Å². The van der Waals surface area contributed by atoms with Crippen molar-refractivity contribution in [3.8, 4) is 0 Å². The summed E-state index contributed by atoms with van der Waals surface area (Å²) in [6, 6.07) is 0.